The quantitative estimate of drug-likeness (QED) is 0.611. The highest BCUT2D eigenvalue weighted by Gasteiger charge is 2.16. The number of ether oxygens (including phenoxy) is 1. The molecule has 0 aliphatic rings. The third-order valence-corrected chi connectivity index (χ3v) is 2.40. The van der Waals surface area contributed by atoms with Gasteiger partial charge in [0, 0.05) is 5.56 Å². The molecule has 1 aromatic heterocycles. The first kappa shape index (κ1) is 12.8. The fourth-order valence-corrected chi connectivity index (χ4v) is 1.54. The molecule has 0 radical (unpaired) electrons. The van der Waals surface area contributed by atoms with Crippen LogP contribution in [0.3, 0.4) is 0 Å². The van der Waals surface area contributed by atoms with Gasteiger partial charge in [0.15, 0.2) is 0 Å². The molecule has 0 saturated heterocycles. The van der Waals surface area contributed by atoms with Gasteiger partial charge in [-0.1, -0.05) is 11.6 Å². The van der Waals surface area contributed by atoms with E-state index in [9.17, 15) is 13.6 Å². The maximum Gasteiger partial charge on any atom is 0.310 e. The molecule has 0 N–H and O–H groups in total. The van der Waals surface area contributed by atoms with Crippen molar-refractivity contribution in [3.63, 3.8) is 0 Å². The molecule has 0 amide bonds. The molecule has 0 bridgehead atoms. The van der Waals surface area contributed by atoms with Gasteiger partial charge in [-0.3, -0.25) is 4.79 Å². The van der Waals surface area contributed by atoms with Gasteiger partial charge in [0.2, 0.25) is 0 Å². The summed E-state index contributed by atoms with van der Waals surface area (Å²) in [5.74, 6) is -0.489. The zero-order valence-corrected chi connectivity index (χ0v) is 9.52. The van der Waals surface area contributed by atoms with Crippen molar-refractivity contribution in [3.05, 3.63) is 28.0 Å². The predicted molar refractivity (Wildman–Crippen MR) is 54.7 cm³/mol. The smallest absolute Gasteiger partial charge is 0.310 e. The van der Waals surface area contributed by atoms with Gasteiger partial charge >= 0.3 is 5.97 Å². The van der Waals surface area contributed by atoms with Gasteiger partial charge in [-0.2, -0.15) is 0 Å². The topological polar surface area (TPSA) is 39.2 Å². The molecule has 0 aromatic carbocycles. The Bertz CT molecular complexity index is 387. The second kappa shape index (κ2) is 5.21. The lowest BCUT2D eigenvalue weighted by Gasteiger charge is -2.09. The second-order valence-corrected chi connectivity index (χ2v) is 3.55. The van der Waals surface area contributed by atoms with Gasteiger partial charge < -0.3 is 4.74 Å². The van der Waals surface area contributed by atoms with E-state index in [2.05, 4.69) is 9.72 Å². The minimum Gasteiger partial charge on any atom is -0.469 e. The Balaban J connectivity index is 3.07. The second-order valence-electron chi connectivity index (χ2n) is 3.19. The maximum atomic E-state index is 12.4. The van der Waals surface area contributed by atoms with E-state index in [0.29, 0.717) is 11.1 Å². The Labute approximate surface area is 96.4 Å². The zero-order valence-electron chi connectivity index (χ0n) is 8.76. The number of pyridine rings is 1. The fourth-order valence-electron chi connectivity index (χ4n) is 1.23. The third-order valence-electron chi connectivity index (χ3n) is 2.09. The van der Waals surface area contributed by atoms with E-state index in [-0.39, 0.29) is 11.6 Å². The van der Waals surface area contributed by atoms with Crippen molar-refractivity contribution in [1.82, 2.24) is 4.98 Å². The molecule has 1 heterocycles. The van der Waals surface area contributed by atoms with Crippen LogP contribution in [0, 0.1) is 6.92 Å². The van der Waals surface area contributed by atoms with Gasteiger partial charge in [0.25, 0.3) is 6.43 Å². The van der Waals surface area contributed by atoms with Crippen molar-refractivity contribution in [2.45, 2.75) is 19.8 Å². The van der Waals surface area contributed by atoms with E-state index in [1.807, 2.05) is 0 Å². The Morgan fingerprint density at radius 2 is 2.25 bits per heavy atom. The van der Waals surface area contributed by atoms with Crippen LogP contribution < -0.4 is 0 Å². The molecule has 0 spiro atoms. The van der Waals surface area contributed by atoms with Gasteiger partial charge in [-0.15, -0.1) is 0 Å². The first-order chi connectivity index (χ1) is 7.45. The molecular formula is C10H10ClF2NO2. The molecule has 6 heteroatoms. The standard InChI is InChI=1S/C10H10ClF2NO2/c1-5-3-7(10(12)13)14-9(11)6(5)4-8(15)16-2/h3,10H,4H2,1-2H3. The number of aryl methyl sites for hydroxylation is 1. The van der Waals surface area contributed by atoms with Crippen molar-refractivity contribution in [2.75, 3.05) is 7.11 Å². The summed E-state index contributed by atoms with van der Waals surface area (Å²) < 4.78 is 29.2. The van der Waals surface area contributed by atoms with Crippen LogP contribution in [0.5, 0.6) is 0 Å². The first-order valence-corrected chi connectivity index (χ1v) is 4.84. The van der Waals surface area contributed by atoms with Crippen molar-refractivity contribution in [2.24, 2.45) is 0 Å². The number of nitrogens with zero attached hydrogens (tertiary/aromatic N) is 1. The number of methoxy groups -OCH3 is 1. The SMILES string of the molecule is COC(=O)Cc1c(C)cc(C(F)F)nc1Cl. The number of hydrogen-bond acceptors (Lipinski definition) is 3. The van der Waals surface area contributed by atoms with Crippen LogP contribution in [-0.4, -0.2) is 18.1 Å². The summed E-state index contributed by atoms with van der Waals surface area (Å²) in [6.45, 7) is 1.59. The Morgan fingerprint density at radius 3 is 2.69 bits per heavy atom. The van der Waals surface area contributed by atoms with Gasteiger partial charge in [-0.25, -0.2) is 13.8 Å². The molecule has 3 nitrogen and oxygen atoms in total. The fraction of sp³-hybridized carbons (Fsp3) is 0.400. The highest BCUT2D eigenvalue weighted by molar-refractivity contribution is 6.30. The van der Waals surface area contributed by atoms with E-state index < -0.39 is 18.1 Å². The van der Waals surface area contributed by atoms with Crippen molar-refractivity contribution in [3.8, 4) is 0 Å². The van der Waals surface area contributed by atoms with Gasteiger partial charge in [-0.05, 0) is 18.6 Å². The summed E-state index contributed by atoms with van der Waals surface area (Å²) in [5.41, 5.74) is 0.523. The summed E-state index contributed by atoms with van der Waals surface area (Å²) in [6.07, 6.45) is -2.75. The molecule has 1 aromatic rings. The lowest BCUT2D eigenvalue weighted by Crippen LogP contribution is -2.08. The largest absolute Gasteiger partial charge is 0.469 e. The first-order valence-electron chi connectivity index (χ1n) is 4.46. The number of rotatable bonds is 3. The summed E-state index contributed by atoms with van der Waals surface area (Å²) in [5, 5.41) is -0.0827. The third kappa shape index (κ3) is 2.88. The van der Waals surface area contributed by atoms with E-state index in [4.69, 9.17) is 11.6 Å². The van der Waals surface area contributed by atoms with Crippen LogP contribution in [0.1, 0.15) is 23.2 Å². The normalized spacial score (nSPS) is 10.6. The Hall–Kier alpha value is -1.23. The van der Waals surface area contributed by atoms with Gasteiger partial charge in [0.05, 0.1) is 13.5 Å². The molecular weight excluding hydrogens is 240 g/mol. The minimum absolute atomic E-state index is 0.0717. The monoisotopic (exact) mass is 249 g/mol. The number of hydrogen-bond donors (Lipinski definition) is 0. The molecule has 16 heavy (non-hydrogen) atoms. The Kier molecular flexibility index (Phi) is 4.18. The van der Waals surface area contributed by atoms with Crippen LogP contribution in [0.4, 0.5) is 8.78 Å². The summed E-state index contributed by atoms with van der Waals surface area (Å²) in [7, 11) is 1.24. The minimum atomic E-state index is -2.68. The van der Waals surface area contributed by atoms with Crippen LogP contribution in [0.2, 0.25) is 5.15 Å². The lowest BCUT2D eigenvalue weighted by molar-refractivity contribution is -0.139. The summed E-state index contributed by atoms with van der Waals surface area (Å²) in [4.78, 5) is 14.6. The average molecular weight is 250 g/mol. The number of alkyl halides is 2. The van der Waals surface area contributed by atoms with Gasteiger partial charge in [0.1, 0.15) is 10.8 Å². The maximum absolute atomic E-state index is 12.4. The summed E-state index contributed by atoms with van der Waals surface area (Å²) in [6, 6.07) is 1.22. The highest BCUT2D eigenvalue weighted by Crippen LogP contribution is 2.25. The molecule has 0 aliphatic carbocycles. The predicted octanol–water partition coefficient (Wildman–Crippen LogP) is 2.70. The van der Waals surface area contributed by atoms with Crippen molar-refractivity contribution >= 4 is 17.6 Å². The highest BCUT2D eigenvalue weighted by atomic mass is 35.5. The lowest BCUT2D eigenvalue weighted by atomic mass is 10.1. The molecule has 0 aliphatic heterocycles. The van der Waals surface area contributed by atoms with Crippen LogP contribution >= 0.6 is 11.6 Å². The molecule has 0 fully saturated rings. The summed E-state index contributed by atoms with van der Waals surface area (Å²) >= 11 is 5.73. The molecule has 1 rings (SSSR count). The van der Waals surface area contributed by atoms with E-state index >= 15 is 0 Å². The van der Waals surface area contributed by atoms with Crippen LogP contribution in [0.15, 0.2) is 6.07 Å². The van der Waals surface area contributed by atoms with Crippen LogP contribution in [-0.2, 0) is 16.0 Å². The number of halogens is 3. The van der Waals surface area contributed by atoms with E-state index in [0.717, 1.165) is 0 Å². The van der Waals surface area contributed by atoms with Crippen LogP contribution in [0.25, 0.3) is 0 Å². The molecule has 0 saturated carbocycles. The molecule has 88 valence electrons. The van der Waals surface area contributed by atoms with E-state index in [1.54, 1.807) is 6.92 Å². The van der Waals surface area contributed by atoms with Crippen molar-refractivity contribution < 1.29 is 18.3 Å². The van der Waals surface area contributed by atoms with Crippen molar-refractivity contribution in [1.29, 1.82) is 0 Å². The average Bonchev–Trinajstić information content (AvgIpc) is 2.22. The number of aromatic nitrogens is 1. The Morgan fingerprint density at radius 1 is 1.62 bits per heavy atom. The zero-order chi connectivity index (χ0) is 12.3. The number of carbonyl (C=O) groups excluding carboxylic acids is 1. The molecule has 0 atom stereocenters. The number of carbonyl (C=O) groups is 1. The number of esters is 1. The molecule has 0 unspecified atom stereocenters. The van der Waals surface area contributed by atoms with E-state index in [1.165, 1.54) is 13.2 Å².